The Balaban J connectivity index is 2.10. The van der Waals surface area contributed by atoms with E-state index in [1.165, 1.54) is 0 Å². The molecule has 1 aliphatic rings. The normalized spacial score (nSPS) is 19.9. The molecular formula is C18H28FNO. The third-order valence-electron chi connectivity index (χ3n) is 4.27. The minimum absolute atomic E-state index is 0.0755. The van der Waals surface area contributed by atoms with Crippen molar-refractivity contribution >= 4 is 0 Å². The third-order valence-corrected chi connectivity index (χ3v) is 4.27. The van der Waals surface area contributed by atoms with Gasteiger partial charge in [0.15, 0.2) is 0 Å². The minimum Gasteiger partial charge on any atom is -0.378 e. The number of aryl methyl sites for hydroxylation is 2. The van der Waals surface area contributed by atoms with Crippen LogP contribution in [0.3, 0.4) is 0 Å². The van der Waals surface area contributed by atoms with Crippen LogP contribution in [0.1, 0.15) is 61.8 Å². The Morgan fingerprint density at radius 1 is 1.38 bits per heavy atom. The van der Waals surface area contributed by atoms with Crippen LogP contribution >= 0.6 is 0 Å². The van der Waals surface area contributed by atoms with Crippen molar-refractivity contribution in [2.45, 2.75) is 65.0 Å². The summed E-state index contributed by atoms with van der Waals surface area (Å²) in [6, 6.07) is 3.81. The zero-order valence-electron chi connectivity index (χ0n) is 13.5. The largest absolute Gasteiger partial charge is 0.378 e. The number of hydrogen-bond acceptors (Lipinski definition) is 2. The van der Waals surface area contributed by atoms with Gasteiger partial charge in [-0.2, -0.15) is 0 Å². The molecule has 1 saturated heterocycles. The van der Waals surface area contributed by atoms with Crippen molar-refractivity contribution in [3.63, 3.8) is 0 Å². The van der Waals surface area contributed by atoms with E-state index in [1.807, 2.05) is 13.8 Å². The molecule has 0 bridgehead atoms. The van der Waals surface area contributed by atoms with Crippen LogP contribution in [0.2, 0.25) is 0 Å². The molecule has 2 nitrogen and oxygen atoms in total. The lowest BCUT2D eigenvalue weighted by Gasteiger charge is -2.23. The fourth-order valence-corrected chi connectivity index (χ4v) is 3.26. The second-order valence-electron chi connectivity index (χ2n) is 6.20. The zero-order chi connectivity index (χ0) is 15.2. The Bertz CT molecular complexity index is 432. The highest BCUT2D eigenvalue weighted by atomic mass is 19.1. The Morgan fingerprint density at radius 3 is 2.81 bits per heavy atom. The highest BCUT2D eigenvalue weighted by Crippen LogP contribution is 2.28. The van der Waals surface area contributed by atoms with Gasteiger partial charge in [0.2, 0.25) is 0 Å². The number of nitrogens with one attached hydrogen (secondary N) is 1. The maximum atomic E-state index is 14.4. The van der Waals surface area contributed by atoms with E-state index in [0.717, 1.165) is 61.9 Å². The van der Waals surface area contributed by atoms with Gasteiger partial charge in [0, 0.05) is 18.2 Å². The Kier molecular flexibility index (Phi) is 6.19. The number of ether oxygens (including phenoxy) is 1. The number of hydrogen-bond donors (Lipinski definition) is 1. The molecule has 2 atom stereocenters. The van der Waals surface area contributed by atoms with E-state index < -0.39 is 0 Å². The van der Waals surface area contributed by atoms with E-state index in [9.17, 15) is 4.39 Å². The average molecular weight is 293 g/mol. The first-order valence-corrected chi connectivity index (χ1v) is 8.23. The summed E-state index contributed by atoms with van der Waals surface area (Å²) < 4.78 is 20.1. The fourth-order valence-electron chi connectivity index (χ4n) is 3.26. The van der Waals surface area contributed by atoms with Crippen molar-refractivity contribution < 1.29 is 9.13 Å². The maximum absolute atomic E-state index is 14.4. The molecule has 1 N–H and O–H groups in total. The molecule has 118 valence electrons. The van der Waals surface area contributed by atoms with Gasteiger partial charge in [0.25, 0.3) is 0 Å². The average Bonchev–Trinajstić information content (AvgIpc) is 2.93. The van der Waals surface area contributed by atoms with Crippen molar-refractivity contribution in [1.29, 1.82) is 0 Å². The third kappa shape index (κ3) is 4.52. The molecule has 1 aromatic rings. The molecule has 21 heavy (non-hydrogen) atoms. The van der Waals surface area contributed by atoms with E-state index in [1.54, 1.807) is 6.07 Å². The van der Waals surface area contributed by atoms with Gasteiger partial charge < -0.3 is 10.1 Å². The summed E-state index contributed by atoms with van der Waals surface area (Å²) in [5, 5.41) is 3.52. The van der Waals surface area contributed by atoms with E-state index in [4.69, 9.17) is 4.74 Å². The number of benzene rings is 1. The van der Waals surface area contributed by atoms with Crippen LogP contribution in [0.15, 0.2) is 12.1 Å². The molecule has 1 aromatic carbocycles. The van der Waals surface area contributed by atoms with Crippen LogP contribution in [-0.4, -0.2) is 19.3 Å². The van der Waals surface area contributed by atoms with Gasteiger partial charge in [-0.25, -0.2) is 4.39 Å². The lowest BCUT2D eigenvalue weighted by Crippen LogP contribution is -2.25. The first kappa shape index (κ1) is 16.4. The standard InChI is InChI=1S/C18H28FNO/c1-4-9-20-17(8-7-15-6-5-10-21-15)18-14(3)11-13(2)12-16(18)19/h11-12,15,17,20H,4-10H2,1-3H3. The molecule has 0 amide bonds. The van der Waals surface area contributed by atoms with Crippen molar-refractivity contribution in [3.05, 3.63) is 34.6 Å². The summed E-state index contributed by atoms with van der Waals surface area (Å²) in [5.74, 6) is -0.0755. The molecule has 1 aliphatic heterocycles. The monoisotopic (exact) mass is 293 g/mol. The van der Waals surface area contributed by atoms with Crippen molar-refractivity contribution in [2.75, 3.05) is 13.2 Å². The molecule has 0 aromatic heterocycles. The van der Waals surface area contributed by atoms with E-state index >= 15 is 0 Å². The van der Waals surface area contributed by atoms with Gasteiger partial charge in [-0.15, -0.1) is 0 Å². The fraction of sp³-hybridized carbons (Fsp3) is 0.667. The van der Waals surface area contributed by atoms with Crippen molar-refractivity contribution in [3.8, 4) is 0 Å². The van der Waals surface area contributed by atoms with Crippen LogP contribution < -0.4 is 5.32 Å². The summed E-state index contributed by atoms with van der Waals surface area (Å²) in [7, 11) is 0. The van der Waals surface area contributed by atoms with Crippen LogP contribution in [-0.2, 0) is 4.74 Å². The van der Waals surface area contributed by atoms with Gasteiger partial charge in [0.05, 0.1) is 6.10 Å². The van der Waals surface area contributed by atoms with E-state index in [2.05, 4.69) is 18.3 Å². The molecular weight excluding hydrogens is 265 g/mol. The first-order valence-electron chi connectivity index (χ1n) is 8.23. The van der Waals surface area contributed by atoms with Gasteiger partial charge >= 0.3 is 0 Å². The second kappa shape index (κ2) is 7.90. The van der Waals surface area contributed by atoms with Gasteiger partial charge in [-0.05, 0) is 69.7 Å². The summed E-state index contributed by atoms with van der Waals surface area (Å²) in [5.41, 5.74) is 2.88. The van der Waals surface area contributed by atoms with Gasteiger partial charge in [0.1, 0.15) is 5.82 Å². The summed E-state index contributed by atoms with van der Waals surface area (Å²) in [4.78, 5) is 0. The predicted molar refractivity (Wildman–Crippen MR) is 85.1 cm³/mol. The highest BCUT2D eigenvalue weighted by Gasteiger charge is 2.22. The Morgan fingerprint density at radius 2 is 2.19 bits per heavy atom. The van der Waals surface area contributed by atoms with Crippen LogP contribution in [0.4, 0.5) is 4.39 Å². The van der Waals surface area contributed by atoms with E-state index in [0.29, 0.717) is 6.10 Å². The molecule has 1 heterocycles. The van der Waals surface area contributed by atoms with E-state index in [-0.39, 0.29) is 11.9 Å². The first-order chi connectivity index (χ1) is 10.1. The minimum atomic E-state index is -0.0755. The summed E-state index contributed by atoms with van der Waals surface area (Å²) in [6.45, 7) is 7.90. The lowest BCUT2D eigenvalue weighted by molar-refractivity contribution is 0.0994. The molecule has 1 fully saturated rings. The maximum Gasteiger partial charge on any atom is 0.128 e. The van der Waals surface area contributed by atoms with Crippen molar-refractivity contribution in [1.82, 2.24) is 5.32 Å². The molecule has 0 aliphatic carbocycles. The molecule has 2 unspecified atom stereocenters. The van der Waals surface area contributed by atoms with Gasteiger partial charge in [-0.3, -0.25) is 0 Å². The van der Waals surface area contributed by atoms with Crippen LogP contribution in [0.5, 0.6) is 0 Å². The quantitative estimate of drug-likeness (QED) is 0.802. The molecule has 3 heteroatoms. The van der Waals surface area contributed by atoms with Crippen LogP contribution in [0, 0.1) is 19.7 Å². The topological polar surface area (TPSA) is 21.3 Å². The second-order valence-corrected chi connectivity index (χ2v) is 6.20. The summed E-state index contributed by atoms with van der Waals surface area (Å²) >= 11 is 0. The highest BCUT2D eigenvalue weighted by molar-refractivity contribution is 5.34. The predicted octanol–water partition coefficient (Wildman–Crippen LogP) is 4.44. The number of rotatable bonds is 7. The zero-order valence-corrected chi connectivity index (χ0v) is 13.5. The SMILES string of the molecule is CCCNC(CCC1CCCO1)c1c(C)cc(C)cc1F. The number of halogens is 1. The smallest absolute Gasteiger partial charge is 0.128 e. The molecule has 0 saturated carbocycles. The molecule has 0 radical (unpaired) electrons. The van der Waals surface area contributed by atoms with Crippen molar-refractivity contribution in [2.24, 2.45) is 0 Å². The molecule has 2 rings (SSSR count). The van der Waals surface area contributed by atoms with Crippen LogP contribution in [0.25, 0.3) is 0 Å². The van der Waals surface area contributed by atoms with Gasteiger partial charge in [-0.1, -0.05) is 13.0 Å². The Labute approximate surface area is 128 Å². The molecule has 0 spiro atoms. The Hall–Kier alpha value is -0.930. The lowest BCUT2D eigenvalue weighted by atomic mass is 9.93. The summed E-state index contributed by atoms with van der Waals surface area (Å²) in [6.07, 6.45) is 5.68.